The van der Waals surface area contributed by atoms with Crippen LogP contribution in [0.4, 0.5) is 17.1 Å². The molecule has 180 valence electrons. The number of sulfonamides is 1. The lowest BCUT2D eigenvalue weighted by atomic mass is 10.2. The summed E-state index contributed by atoms with van der Waals surface area (Å²) in [6.07, 6.45) is 0. The second-order valence-electron chi connectivity index (χ2n) is 7.75. The van der Waals surface area contributed by atoms with Crippen molar-refractivity contribution in [3.05, 3.63) is 93.4 Å². The summed E-state index contributed by atoms with van der Waals surface area (Å²) in [5, 5.41) is 13.7. The number of hydrogen-bond donors (Lipinski definition) is 1. The minimum absolute atomic E-state index is 0.0353. The van der Waals surface area contributed by atoms with Gasteiger partial charge < -0.3 is 5.32 Å². The van der Waals surface area contributed by atoms with Gasteiger partial charge in [0.2, 0.25) is 5.91 Å². The zero-order valence-corrected chi connectivity index (χ0v) is 19.6. The second kappa shape index (κ2) is 9.06. The number of nitro benzene ring substituents is 1. The van der Waals surface area contributed by atoms with E-state index in [0.29, 0.717) is 16.7 Å². The van der Waals surface area contributed by atoms with Crippen LogP contribution in [0.5, 0.6) is 0 Å². The van der Waals surface area contributed by atoms with Gasteiger partial charge in [-0.25, -0.2) is 13.2 Å². The molecule has 4 rings (SSSR count). The Morgan fingerprint density at radius 3 is 2.23 bits per heavy atom. The van der Waals surface area contributed by atoms with Crippen LogP contribution in [0, 0.1) is 10.1 Å². The quantitative estimate of drug-likeness (QED) is 0.309. The van der Waals surface area contributed by atoms with Crippen LogP contribution in [0.3, 0.4) is 0 Å². The van der Waals surface area contributed by atoms with E-state index in [0.717, 1.165) is 4.31 Å². The first-order valence-electron chi connectivity index (χ1n) is 10.4. The summed E-state index contributed by atoms with van der Waals surface area (Å²) in [5.74, 6) is -0.636. The largest absolute Gasteiger partial charge is 0.328 e. The molecule has 11 nitrogen and oxygen atoms in total. The Hall–Kier alpha value is -4.45. The molecule has 1 N–H and O–H groups in total. The average molecular weight is 496 g/mol. The van der Waals surface area contributed by atoms with Gasteiger partial charge in [0, 0.05) is 31.9 Å². The number of anilines is 2. The lowest BCUT2D eigenvalue weighted by Crippen LogP contribution is -2.38. The fraction of sp³-hybridized carbons (Fsp3) is 0.130. The molecule has 0 aliphatic heterocycles. The van der Waals surface area contributed by atoms with Gasteiger partial charge in [0.25, 0.3) is 15.7 Å². The Balaban J connectivity index is 1.67. The van der Waals surface area contributed by atoms with Crippen LogP contribution in [0.2, 0.25) is 0 Å². The van der Waals surface area contributed by atoms with E-state index in [9.17, 15) is 28.1 Å². The summed E-state index contributed by atoms with van der Waals surface area (Å²) in [6.45, 7) is -0.583. The third-order valence-corrected chi connectivity index (χ3v) is 7.31. The molecule has 1 amide bonds. The number of rotatable bonds is 7. The molecule has 1 aromatic heterocycles. The molecule has 0 aliphatic rings. The van der Waals surface area contributed by atoms with Crippen molar-refractivity contribution in [1.29, 1.82) is 0 Å². The van der Waals surface area contributed by atoms with Crippen molar-refractivity contribution in [1.82, 2.24) is 9.13 Å². The van der Waals surface area contributed by atoms with Gasteiger partial charge in [0.05, 0.1) is 26.5 Å². The highest BCUT2D eigenvalue weighted by molar-refractivity contribution is 7.92. The Morgan fingerprint density at radius 1 is 0.971 bits per heavy atom. The topological polar surface area (TPSA) is 137 Å². The van der Waals surface area contributed by atoms with Gasteiger partial charge >= 0.3 is 5.69 Å². The number of fused-ring (bicyclic) bond motifs is 1. The van der Waals surface area contributed by atoms with Crippen LogP contribution in [0.15, 0.2) is 82.5 Å². The normalized spacial score (nSPS) is 11.4. The number of hydrogen-bond acceptors (Lipinski definition) is 6. The van der Waals surface area contributed by atoms with E-state index in [4.69, 9.17) is 0 Å². The molecule has 0 spiro atoms. The first kappa shape index (κ1) is 23.7. The van der Waals surface area contributed by atoms with Crippen LogP contribution in [-0.2, 0) is 28.9 Å². The maximum Gasteiger partial charge on any atom is 0.328 e. The first-order valence-corrected chi connectivity index (χ1v) is 11.8. The van der Waals surface area contributed by atoms with Crippen molar-refractivity contribution in [2.24, 2.45) is 14.1 Å². The zero-order chi connectivity index (χ0) is 25.3. The lowest BCUT2D eigenvalue weighted by Gasteiger charge is -2.24. The SMILES string of the molecule is Cn1c(=O)n(C)c2cc(NC(=O)CN(c3ccc([N+](=O)[O-])cc3)S(=O)(=O)c3ccccc3)ccc21. The number of aromatic nitrogens is 2. The smallest absolute Gasteiger partial charge is 0.324 e. The molecule has 0 fully saturated rings. The minimum atomic E-state index is -4.16. The number of imidazole rings is 1. The van der Waals surface area contributed by atoms with Crippen LogP contribution in [0.1, 0.15) is 0 Å². The third kappa shape index (κ3) is 4.51. The molecule has 35 heavy (non-hydrogen) atoms. The molecule has 3 aromatic carbocycles. The molecule has 0 saturated heterocycles. The van der Waals surface area contributed by atoms with Crippen LogP contribution < -0.4 is 15.3 Å². The van der Waals surface area contributed by atoms with Gasteiger partial charge in [-0.05, 0) is 42.5 Å². The average Bonchev–Trinajstić information content (AvgIpc) is 3.06. The van der Waals surface area contributed by atoms with E-state index in [2.05, 4.69) is 5.32 Å². The first-order chi connectivity index (χ1) is 16.6. The highest BCUT2D eigenvalue weighted by Crippen LogP contribution is 2.26. The maximum atomic E-state index is 13.4. The Morgan fingerprint density at radius 2 is 1.60 bits per heavy atom. The molecule has 12 heteroatoms. The van der Waals surface area contributed by atoms with Crippen molar-refractivity contribution in [3.8, 4) is 0 Å². The lowest BCUT2D eigenvalue weighted by molar-refractivity contribution is -0.384. The van der Waals surface area contributed by atoms with E-state index in [1.165, 1.54) is 45.5 Å². The third-order valence-electron chi connectivity index (χ3n) is 5.52. The van der Waals surface area contributed by atoms with Crippen molar-refractivity contribution >= 4 is 44.0 Å². The fourth-order valence-corrected chi connectivity index (χ4v) is 5.13. The van der Waals surface area contributed by atoms with E-state index in [1.807, 2.05) is 0 Å². The number of aryl methyl sites for hydroxylation is 2. The molecule has 0 radical (unpaired) electrons. The minimum Gasteiger partial charge on any atom is -0.324 e. The van der Waals surface area contributed by atoms with Crippen molar-refractivity contribution < 1.29 is 18.1 Å². The van der Waals surface area contributed by atoms with Gasteiger partial charge in [0.1, 0.15) is 6.54 Å². The van der Waals surface area contributed by atoms with E-state index < -0.39 is 27.4 Å². The zero-order valence-electron chi connectivity index (χ0n) is 18.8. The number of carbonyl (C=O) groups is 1. The predicted molar refractivity (Wildman–Crippen MR) is 131 cm³/mol. The summed E-state index contributed by atoms with van der Waals surface area (Å²) in [5.41, 5.74) is 1.31. The Bertz CT molecular complexity index is 1590. The molecule has 0 unspecified atom stereocenters. The number of benzene rings is 3. The molecule has 0 aliphatic carbocycles. The van der Waals surface area contributed by atoms with Crippen LogP contribution in [-0.4, -0.2) is 34.9 Å². The predicted octanol–water partition coefficient (Wildman–Crippen LogP) is 2.62. The molecule has 0 atom stereocenters. The monoisotopic (exact) mass is 495 g/mol. The molecule has 0 bridgehead atoms. The molecule has 4 aromatic rings. The summed E-state index contributed by atoms with van der Waals surface area (Å²) < 4.78 is 30.5. The van der Waals surface area contributed by atoms with Gasteiger partial charge in [-0.1, -0.05) is 18.2 Å². The highest BCUT2D eigenvalue weighted by atomic mass is 32.2. The number of amides is 1. The van der Waals surface area contributed by atoms with Crippen molar-refractivity contribution in [2.75, 3.05) is 16.2 Å². The Labute approximate surface area is 200 Å². The molecule has 1 heterocycles. The summed E-state index contributed by atoms with van der Waals surface area (Å²) in [7, 11) is -0.916. The summed E-state index contributed by atoms with van der Waals surface area (Å²) in [4.78, 5) is 35.5. The van der Waals surface area contributed by atoms with Gasteiger partial charge in [-0.3, -0.25) is 28.3 Å². The van der Waals surface area contributed by atoms with E-state index in [-0.39, 0.29) is 22.0 Å². The van der Waals surface area contributed by atoms with Crippen LogP contribution in [0.25, 0.3) is 11.0 Å². The second-order valence-corrected chi connectivity index (χ2v) is 9.61. The number of nitro groups is 1. The number of nitrogens with one attached hydrogen (secondary N) is 1. The number of carbonyl (C=O) groups excluding carboxylic acids is 1. The standard InChI is InChI=1S/C23H21N5O6S/c1-25-20-13-8-16(14-21(20)26(2)23(25)30)24-22(29)15-27(17-9-11-18(12-10-17)28(31)32)35(33,34)19-6-4-3-5-7-19/h3-14H,15H2,1-2H3,(H,24,29). The van der Waals surface area contributed by atoms with E-state index >= 15 is 0 Å². The van der Waals surface area contributed by atoms with Crippen molar-refractivity contribution in [3.63, 3.8) is 0 Å². The van der Waals surface area contributed by atoms with Gasteiger partial charge in [0.15, 0.2) is 0 Å². The maximum absolute atomic E-state index is 13.4. The summed E-state index contributed by atoms with van der Waals surface area (Å²) in [6, 6.07) is 17.4. The Kier molecular flexibility index (Phi) is 6.14. The van der Waals surface area contributed by atoms with Crippen LogP contribution >= 0.6 is 0 Å². The van der Waals surface area contributed by atoms with Gasteiger partial charge in [-0.15, -0.1) is 0 Å². The van der Waals surface area contributed by atoms with Gasteiger partial charge in [-0.2, -0.15) is 0 Å². The molecular weight excluding hydrogens is 474 g/mol. The summed E-state index contributed by atoms with van der Waals surface area (Å²) >= 11 is 0. The van der Waals surface area contributed by atoms with E-state index in [1.54, 1.807) is 50.5 Å². The fourth-order valence-electron chi connectivity index (χ4n) is 3.69. The number of non-ortho nitro benzene ring substituents is 1. The highest BCUT2D eigenvalue weighted by Gasteiger charge is 2.27. The number of nitrogens with zero attached hydrogens (tertiary/aromatic N) is 4. The molecule has 0 saturated carbocycles. The van der Waals surface area contributed by atoms with Crippen molar-refractivity contribution in [2.45, 2.75) is 4.90 Å². The molecular formula is C23H21N5O6S.